The second-order valence-electron chi connectivity index (χ2n) is 3.62. The second-order valence-corrected chi connectivity index (χ2v) is 3.62. The van der Waals surface area contributed by atoms with Crippen LogP contribution in [-0.2, 0) is 9.47 Å². The fourth-order valence-electron chi connectivity index (χ4n) is 1.29. The van der Waals surface area contributed by atoms with Gasteiger partial charge in [-0.2, -0.15) is 0 Å². The highest BCUT2D eigenvalue weighted by Crippen LogP contribution is 2.32. The average molecular weight is 187 g/mol. The molecule has 1 fully saturated rings. The molecule has 0 aromatic heterocycles. The summed E-state index contributed by atoms with van der Waals surface area (Å²) in [6.45, 7) is 4.77. The largest absolute Gasteiger partial charge is 0.379 e. The molecule has 78 valence electrons. The third-order valence-electron chi connectivity index (χ3n) is 2.34. The molecule has 1 unspecified atom stereocenters. The first kappa shape index (κ1) is 11.0. The number of hydrogen-bond acceptors (Lipinski definition) is 3. The number of ether oxygens (including phenoxy) is 2. The van der Waals surface area contributed by atoms with Gasteiger partial charge in [0.2, 0.25) is 0 Å². The first-order valence-corrected chi connectivity index (χ1v) is 5.26. The van der Waals surface area contributed by atoms with Gasteiger partial charge in [-0.15, -0.1) is 0 Å². The molecule has 0 aromatic rings. The van der Waals surface area contributed by atoms with Crippen molar-refractivity contribution >= 4 is 0 Å². The Bertz CT molecular complexity index is 126. The molecule has 0 aromatic carbocycles. The van der Waals surface area contributed by atoms with Crippen LogP contribution in [0.25, 0.3) is 0 Å². The highest BCUT2D eigenvalue weighted by molar-refractivity contribution is 4.72. The molecule has 1 rings (SSSR count). The molecule has 0 radical (unpaired) electrons. The van der Waals surface area contributed by atoms with Gasteiger partial charge in [-0.1, -0.05) is 12.8 Å². The summed E-state index contributed by atoms with van der Waals surface area (Å²) in [7, 11) is 0. The van der Waals surface area contributed by atoms with E-state index in [2.05, 4.69) is 0 Å². The Kier molecular flexibility index (Phi) is 5.35. The number of nitrogens with two attached hydrogens (primary N) is 1. The van der Waals surface area contributed by atoms with Gasteiger partial charge in [-0.3, -0.25) is 0 Å². The zero-order valence-corrected chi connectivity index (χ0v) is 8.50. The fourth-order valence-corrected chi connectivity index (χ4v) is 1.29. The van der Waals surface area contributed by atoms with Crippen molar-refractivity contribution in [3.8, 4) is 0 Å². The zero-order chi connectivity index (χ0) is 9.52. The summed E-state index contributed by atoms with van der Waals surface area (Å²) in [6, 6.07) is 0. The predicted molar refractivity (Wildman–Crippen MR) is 52.6 cm³/mol. The Morgan fingerprint density at radius 2 is 2.23 bits per heavy atom. The maximum atomic E-state index is 5.51. The van der Waals surface area contributed by atoms with Crippen molar-refractivity contribution in [3.63, 3.8) is 0 Å². The Morgan fingerprint density at radius 1 is 1.46 bits per heavy atom. The number of hydrogen-bond donors (Lipinski definition) is 1. The maximum absolute atomic E-state index is 5.51. The first-order valence-electron chi connectivity index (χ1n) is 5.26. The highest BCUT2D eigenvalue weighted by atomic mass is 16.5. The average Bonchev–Trinajstić information content (AvgIpc) is 2.94. The highest BCUT2D eigenvalue weighted by Gasteiger charge is 2.20. The van der Waals surface area contributed by atoms with Crippen LogP contribution in [0.5, 0.6) is 0 Å². The molecule has 1 aliphatic carbocycles. The lowest BCUT2D eigenvalue weighted by Gasteiger charge is -2.14. The van der Waals surface area contributed by atoms with Gasteiger partial charge in [-0.05, 0) is 19.3 Å². The fraction of sp³-hybridized carbons (Fsp3) is 1.00. The van der Waals surface area contributed by atoms with E-state index in [1.165, 1.54) is 19.3 Å². The molecular formula is C10H21NO2. The monoisotopic (exact) mass is 187 g/mol. The van der Waals surface area contributed by atoms with Crippen LogP contribution in [0.3, 0.4) is 0 Å². The molecule has 0 spiro atoms. The van der Waals surface area contributed by atoms with E-state index >= 15 is 0 Å². The van der Waals surface area contributed by atoms with E-state index < -0.39 is 0 Å². The lowest BCUT2D eigenvalue weighted by molar-refractivity contribution is -0.00777. The van der Waals surface area contributed by atoms with E-state index in [9.17, 15) is 0 Å². The van der Waals surface area contributed by atoms with Crippen LogP contribution in [0.15, 0.2) is 0 Å². The van der Waals surface area contributed by atoms with Crippen LogP contribution in [-0.4, -0.2) is 32.5 Å². The van der Waals surface area contributed by atoms with Gasteiger partial charge in [0.25, 0.3) is 0 Å². The molecule has 13 heavy (non-hydrogen) atoms. The van der Waals surface area contributed by atoms with Crippen molar-refractivity contribution in [2.45, 2.75) is 32.3 Å². The summed E-state index contributed by atoms with van der Waals surface area (Å²) in [5, 5.41) is 0. The minimum Gasteiger partial charge on any atom is -0.379 e. The molecule has 1 aliphatic rings. The summed E-state index contributed by atoms with van der Waals surface area (Å²) in [5.74, 6) is 0.948. The van der Waals surface area contributed by atoms with Crippen LogP contribution in [0, 0.1) is 5.92 Å². The van der Waals surface area contributed by atoms with Crippen molar-refractivity contribution in [1.29, 1.82) is 0 Å². The minimum atomic E-state index is 0.0872. The Morgan fingerprint density at radius 3 is 2.77 bits per heavy atom. The summed E-state index contributed by atoms with van der Waals surface area (Å²) in [5.41, 5.74) is 5.51. The van der Waals surface area contributed by atoms with Crippen molar-refractivity contribution in [2.24, 2.45) is 11.7 Å². The van der Waals surface area contributed by atoms with E-state index in [-0.39, 0.29) is 6.10 Å². The third-order valence-corrected chi connectivity index (χ3v) is 2.34. The molecule has 3 heteroatoms. The predicted octanol–water partition coefficient (Wildman–Crippen LogP) is 1.17. The smallest absolute Gasteiger partial charge is 0.0930 e. The van der Waals surface area contributed by atoms with Gasteiger partial charge >= 0.3 is 0 Å². The maximum Gasteiger partial charge on any atom is 0.0930 e. The van der Waals surface area contributed by atoms with Crippen molar-refractivity contribution in [3.05, 3.63) is 0 Å². The topological polar surface area (TPSA) is 44.5 Å². The van der Waals surface area contributed by atoms with Crippen molar-refractivity contribution in [1.82, 2.24) is 0 Å². The second kappa shape index (κ2) is 6.35. The van der Waals surface area contributed by atoms with Crippen molar-refractivity contribution in [2.75, 3.05) is 26.4 Å². The van der Waals surface area contributed by atoms with E-state index in [1.54, 1.807) is 0 Å². The van der Waals surface area contributed by atoms with Gasteiger partial charge in [-0.25, -0.2) is 0 Å². The third kappa shape index (κ3) is 5.24. The van der Waals surface area contributed by atoms with Crippen LogP contribution >= 0.6 is 0 Å². The van der Waals surface area contributed by atoms with E-state index in [0.717, 1.165) is 12.5 Å². The van der Waals surface area contributed by atoms with E-state index in [1.807, 2.05) is 6.92 Å². The quantitative estimate of drug-likeness (QED) is 0.580. The van der Waals surface area contributed by atoms with Crippen LogP contribution in [0.1, 0.15) is 26.2 Å². The van der Waals surface area contributed by atoms with Gasteiger partial charge in [0, 0.05) is 19.8 Å². The molecule has 0 heterocycles. The summed E-state index contributed by atoms with van der Waals surface area (Å²) >= 11 is 0. The molecule has 1 saturated carbocycles. The van der Waals surface area contributed by atoms with E-state index in [0.29, 0.717) is 19.8 Å². The lowest BCUT2D eigenvalue weighted by Crippen LogP contribution is -2.29. The summed E-state index contributed by atoms with van der Waals surface area (Å²) in [6.07, 6.45) is 4.09. The standard InChI is InChI=1S/C10H21NO2/c1-2-13-10(7-11)8-12-6-5-9-3-4-9/h9-10H,2-8,11H2,1H3. The Balaban J connectivity index is 1.88. The van der Waals surface area contributed by atoms with Gasteiger partial charge in [0.15, 0.2) is 0 Å². The van der Waals surface area contributed by atoms with Gasteiger partial charge in [0.1, 0.15) is 0 Å². The molecule has 0 amide bonds. The van der Waals surface area contributed by atoms with Crippen molar-refractivity contribution < 1.29 is 9.47 Å². The molecule has 0 bridgehead atoms. The van der Waals surface area contributed by atoms with Crippen LogP contribution in [0.4, 0.5) is 0 Å². The zero-order valence-electron chi connectivity index (χ0n) is 8.50. The molecule has 1 atom stereocenters. The van der Waals surface area contributed by atoms with Gasteiger partial charge in [0.05, 0.1) is 12.7 Å². The Labute approximate surface area is 80.6 Å². The first-order chi connectivity index (χ1) is 6.36. The summed E-state index contributed by atoms with van der Waals surface area (Å²) in [4.78, 5) is 0. The molecule has 0 saturated heterocycles. The molecule has 0 aliphatic heterocycles. The Hall–Kier alpha value is -0.120. The minimum absolute atomic E-state index is 0.0872. The van der Waals surface area contributed by atoms with E-state index in [4.69, 9.17) is 15.2 Å². The number of rotatable bonds is 8. The van der Waals surface area contributed by atoms with Gasteiger partial charge < -0.3 is 15.2 Å². The lowest BCUT2D eigenvalue weighted by atomic mass is 10.3. The SMILES string of the molecule is CCOC(CN)COCCC1CC1. The van der Waals surface area contributed by atoms with Crippen LogP contribution < -0.4 is 5.73 Å². The molecule has 2 N–H and O–H groups in total. The summed E-state index contributed by atoms with van der Waals surface area (Å²) < 4.78 is 10.8. The molecule has 3 nitrogen and oxygen atoms in total. The molecular weight excluding hydrogens is 166 g/mol. The van der Waals surface area contributed by atoms with Crippen LogP contribution in [0.2, 0.25) is 0 Å². The normalized spacial score (nSPS) is 18.9.